The van der Waals surface area contributed by atoms with Gasteiger partial charge in [-0.15, -0.1) is 0 Å². The molecule has 0 saturated heterocycles. The molecular formula is C9H17NO2Si. The summed E-state index contributed by atoms with van der Waals surface area (Å²) >= 11 is 0. The van der Waals surface area contributed by atoms with Gasteiger partial charge in [-0.3, -0.25) is 4.79 Å². The second-order valence-corrected chi connectivity index (χ2v) is 7.87. The zero-order valence-electron chi connectivity index (χ0n) is 8.21. The smallest absolute Gasteiger partial charge is 0.319 e. The molecule has 0 bridgehead atoms. The highest BCUT2D eigenvalue weighted by molar-refractivity contribution is 6.81. The molecule has 0 aliphatic carbocycles. The second kappa shape index (κ2) is 4.06. The molecule has 2 atom stereocenters. The molecule has 1 rings (SSSR count). The van der Waals surface area contributed by atoms with Crippen molar-refractivity contribution in [1.82, 2.24) is 4.98 Å². The Morgan fingerprint density at radius 2 is 2.38 bits per heavy atom. The van der Waals surface area contributed by atoms with E-state index in [4.69, 9.17) is 5.11 Å². The molecule has 13 heavy (non-hydrogen) atoms. The Morgan fingerprint density at radius 1 is 1.69 bits per heavy atom. The molecule has 1 aliphatic heterocycles. The molecule has 0 saturated carbocycles. The van der Waals surface area contributed by atoms with Crippen LogP contribution in [0.15, 0.2) is 11.8 Å². The van der Waals surface area contributed by atoms with Gasteiger partial charge in [0.2, 0.25) is 0 Å². The summed E-state index contributed by atoms with van der Waals surface area (Å²) in [6.07, 6.45) is 4.52. The molecule has 0 spiro atoms. The summed E-state index contributed by atoms with van der Waals surface area (Å²) in [6, 6.07) is 0.737. The van der Waals surface area contributed by atoms with Gasteiger partial charge in [0.15, 0.2) is 0 Å². The van der Waals surface area contributed by atoms with Gasteiger partial charge in [-0.1, -0.05) is 24.7 Å². The monoisotopic (exact) mass is 199 g/mol. The molecule has 0 fully saturated rings. The number of carboxylic acids is 1. The molecule has 0 aromatic heterocycles. The van der Waals surface area contributed by atoms with Crippen LogP contribution in [0.2, 0.25) is 12.6 Å². The van der Waals surface area contributed by atoms with Crippen molar-refractivity contribution >= 4 is 14.2 Å². The standard InChI is InChI=1S/C9H17NO2Si/c1-8(9(11)12)10-13(2)6-4-3-5-7-13/h4,6,8,10H,3,5,7H2,1-2H3,(H,11,12)/t8-,13?/m0/s1. The first kappa shape index (κ1) is 10.5. The van der Waals surface area contributed by atoms with Gasteiger partial charge < -0.3 is 10.1 Å². The number of hydrogen-bond acceptors (Lipinski definition) is 2. The predicted octanol–water partition coefficient (Wildman–Crippen LogP) is 1.51. The van der Waals surface area contributed by atoms with Crippen LogP contribution in [0, 0.1) is 0 Å². The maximum Gasteiger partial charge on any atom is 0.319 e. The maximum atomic E-state index is 10.7. The van der Waals surface area contributed by atoms with Crippen LogP contribution in [0.4, 0.5) is 0 Å². The fraction of sp³-hybridized carbons (Fsp3) is 0.667. The number of allylic oxidation sites excluding steroid dienone is 1. The summed E-state index contributed by atoms with van der Waals surface area (Å²) in [4.78, 5) is 13.9. The normalized spacial score (nSPS) is 30.0. The van der Waals surface area contributed by atoms with Crippen LogP contribution in [0.1, 0.15) is 19.8 Å². The van der Waals surface area contributed by atoms with Crippen LogP contribution in [-0.4, -0.2) is 25.4 Å². The van der Waals surface area contributed by atoms with Crippen LogP contribution < -0.4 is 4.98 Å². The van der Waals surface area contributed by atoms with Crippen molar-refractivity contribution < 1.29 is 9.90 Å². The molecule has 3 nitrogen and oxygen atoms in total. The summed E-state index contributed by atoms with van der Waals surface area (Å²) in [5.41, 5.74) is 2.22. The van der Waals surface area contributed by atoms with Crippen LogP contribution in [-0.2, 0) is 4.79 Å². The van der Waals surface area contributed by atoms with E-state index in [0.29, 0.717) is 0 Å². The van der Waals surface area contributed by atoms with Gasteiger partial charge in [0.25, 0.3) is 0 Å². The van der Waals surface area contributed by atoms with Gasteiger partial charge in [0.05, 0.1) is 6.04 Å². The Balaban J connectivity index is 2.55. The highest BCUT2D eigenvalue weighted by Gasteiger charge is 2.29. The Kier molecular flexibility index (Phi) is 3.27. The lowest BCUT2D eigenvalue weighted by molar-refractivity contribution is -0.138. The molecular weight excluding hydrogens is 182 g/mol. The highest BCUT2D eigenvalue weighted by Crippen LogP contribution is 2.19. The fourth-order valence-electron chi connectivity index (χ4n) is 1.69. The van der Waals surface area contributed by atoms with E-state index < -0.39 is 20.2 Å². The van der Waals surface area contributed by atoms with Crippen molar-refractivity contribution in [2.24, 2.45) is 0 Å². The molecule has 4 heteroatoms. The topological polar surface area (TPSA) is 49.3 Å². The number of rotatable bonds is 3. The molecule has 2 N–H and O–H groups in total. The van der Waals surface area contributed by atoms with Crippen LogP contribution in [0.25, 0.3) is 0 Å². The Labute approximate surface area is 79.9 Å². The number of carbonyl (C=O) groups is 1. The first-order valence-electron chi connectivity index (χ1n) is 4.72. The maximum absolute atomic E-state index is 10.7. The third-order valence-electron chi connectivity index (χ3n) is 2.47. The molecule has 0 aromatic carbocycles. The Bertz CT molecular complexity index is 230. The first-order chi connectivity index (χ1) is 6.03. The van der Waals surface area contributed by atoms with Crippen molar-refractivity contribution in [3.05, 3.63) is 11.8 Å². The van der Waals surface area contributed by atoms with E-state index in [1.165, 1.54) is 6.42 Å². The van der Waals surface area contributed by atoms with Gasteiger partial charge in [0, 0.05) is 0 Å². The molecule has 0 radical (unpaired) electrons. The average molecular weight is 199 g/mol. The number of carboxylic acid groups (broad SMARTS) is 1. The number of aliphatic carboxylic acids is 1. The molecule has 1 heterocycles. The van der Waals surface area contributed by atoms with Gasteiger partial charge in [-0.25, -0.2) is 0 Å². The summed E-state index contributed by atoms with van der Waals surface area (Å²) in [7, 11) is -1.57. The quantitative estimate of drug-likeness (QED) is 0.677. The number of nitrogens with one attached hydrogen (secondary N) is 1. The van der Waals surface area contributed by atoms with E-state index in [1.54, 1.807) is 6.92 Å². The SMILES string of the molecule is C[C@H](N[Si]1(C)C=CCCC1)C(=O)O. The van der Waals surface area contributed by atoms with Crippen molar-refractivity contribution in [3.63, 3.8) is 0 Å². The summed E-state index contributed by atoms with van der Waals surface area (Å²) in [5, 5.41) is 8.76. The predicted molar refractivity (Wildman–Crippen MR) is 55.0 cm³/mol. The summed E-state index contributed by atoms with van der Waals surface area (Å²) < 4.78 is 0. The minimum absolute atomic E-state index is 0.417. The van der Waals surface area contributed by atoms with Crippen LogP contribution in [0.5, 0.6) is 0 Å². The third kappa shape index (κ3) is 2.97. The van der Waals surface area contributed by atoms with E-state index in [-0.39, 0.29) is 0 Å². The van der Waals surface area contributed by atoms with Gasteiger partial charge >= 0.3 is 5.97 Å². The molecule has 74 valence electrons. The van der Waals surface area contributed by atoms with Crippen molar-refractivity contribution in [1.29, 1.82) is 0 Å². The molecule has 0 aromatic rings. The van der Waals surface area contributed by atoms with Crippen molar-refractivity contribution in [2.75, 3.05) is 0 Å². The third-order valence-corrected chi connectivity index (χ3v) is 5.93. The van der Waals surface area contributed by atoms with E-state index in [2.05, 4.69) is 23.3 Å². The lowest BCUT2D eigenvalue weighted by Gasteiger charge is -2.29. The van der Waals surface area contributed by atoms with Crippen molar-refractivity contribution in [2.45, 2.75) is 38.4 Å². The first-order valence-corrected chi connectivity index (χ1v) is 7.50. The molecule has 1 unspecified atom stereocenters. The second-order valence-electron chi connectivity index (χ2n) is 3.92. The minimum Gasteiger partial charge on any atom is -0.480 e. The highest BCUT2D eigenvalue weighted by atomic mass is 28.3. The Morgan fingerprint density at radius 3 is 2.85 bits per heavy atom. The molecule has 1 aliphatic rings. The average Bonchev–Trinajstić information content (AvgIpc) is 2.04. The minimum atomic E-state index is -1.57. The zero-order chi connectivity index (χ0) is 9.90. The van der Waals surface area contributed by atoms with Crippen molar-refractivity contribution in [3.8, 4) is 0 Å². The van der Waals surface area contributed by atoms with E-state index >= 15 is 0 Å². The van der Waals surface area contributed by atoms with Gasteiger partial charge in [0.1, 0.15) is 8.24 Å². The van der Waals surface area contributed by atoms with Crippen LogP contribution in [0.3, 0.4) is 0 Å². The summed E-state index contributed by atoms with van der Waals surface area (Å²) in [6.45, 7) is 3.89. The fourth-order valence-corrected chi connectivity index (χ4v) is 4.84. The van der Waals surface area contributed by atoms with Crippen LogP contribution >= 0.6 is 0 Å². The lowest BCUT2D eigenvalue weighted by Crippen LogP contribution is -2.53. The lowest BCUT2D eigenvalue weighted by atomic mass is 10.3. The molecule has 0 amide bonds. The van der Waals surface area contributed by atoms with E-state index in [9.17, 15) is 4.79 Å². The van der Waals surface area contributed by atoms with E-state index in [1.807, 2.05) is 0 Å². The summed E-state index contributed by atoms with van der Waals surface area (Å²) in [5.74, 6) is -0.757. The Hall–Kier alpha value is -0.613. The van der Waals surface area contributed by atoms with E-state index in [0.717, 1.165) is 12.5 Å². The largest absolute Gasteiger partial charge is 0.480 e. The number of hydrogen-bond donors (Lipinski definition) is 2. The van der Waals surface area contributed by atoms with Gasteiger partial charge in [-0.2, -0.15) is 0 Å². The van der Waals surface area contributed by atoms with Gasteiger partial charge in [-0.05, 0) is 19.4 Å². The zero-order valence-corrected chi connectivity index (χ0v) is 9.21.